The average molecular weight is 375 g/mol. The maximum atomic E-state index is 12.7. The van der Waals surface area contributed by atoms with E-state index in [1.165, 1.54) is 20.4 Å². The van der Waals surface area contributed by atoms with Crippen LogP contribution in [0, 0.1) is 6.92 Å². The number of carboxylic acids is 1. The topological polar surface area (TPSA) is 103 Å². The van der Waals surface area contributed by atoms with Crippen LogP contribution in [0.3, 0.4) is 0 Å². The van der Waals surface area contributed by atoms with Crippen LogP contribution < -0.4 is 14.8 Å². The summed E-state index contributed by atoms with van der Waals surface area (Å²) in [6.07, 6.45) is 1.23. The van der Waals surface area contributed by atoms with Gasteiger partial charge < -0.3 is 19.9 Å². The minimum atomic E-state index is -1.02. The predicted octanol–water partition coefficient (Wildman–Crippen LogP) is 2.74. The van der Waals surface area contributed by atoms with Gasteiger partial charge in [-0.25, -0.2) is 0 Å². The van der Waals surface area contributed by atoms with Gasteiger partial charge >= 0.3 is 5.97 Å². The molecule has 146 valence electrons. The van der Waals surface area contributed by atoms with Crippen LogP contribution in [0.2, 0.25) is 0 Å². The van der Waals surface area contributed by atoms with E-state index in [2.05, 4.69) is 10.4 Å². The number of methoxy groups -OCH3 is 2. The molecule has 0 saturated carbocycles. The van der Waals surface area contributed by atoms with Crippen molar-refractivity contribution in [3.8, 4) is 11.5 Å². The van der Waals surface area contributed by atoms with Gasteiger partial charge in [-0.1, -0.05) is 6.07 Å². The molecule has 1 aromatic heterocycles. The Labute approximate surface area is 158 Å². The van der Waals surface area contributed by atoms with Crippen molar-refractivity contribution in [2.24, 2.45) is 0 Å². The third kappa shape index (κ3) is 4.58. The summed E-state index contributed by atoms with van der Waals surface area (Å²) in [5.74, 6) is -0.413. The first-order valence-electron chi connectivity index (χ1n) is 8.57. The van der Waals surface area contributed by atoms with E-state index in [1.807, 2.05) is 20.8 Å². The van der Waals surface area contributed by atoms with E-state index in [0.29, 0.717) is 22.6 Å². The fraction of sp³-hybridized carbons (Fsp3) is 0.421. The lowest BCUT2D eigenvalue weighted by Crippen LogP contribution is -2.30. The first-order chi connectivity index (χ1) is 12.8. The van der Waals surface area contributed by atoms with Crippen LogP contribution in [-0.4, -0.2) is 41.0 Å². The smallest absolute Gasteiger partial charge is 0.305 e. The minimum Gasteiger partial charge on any atom is -0.493 e. The van der Waals surface area contributed by atoms with Crippen molar-refractivity contribution in [1.29, 1.82) is 0 Å². The number of hydrogen-bond acceptors (Lipinski definition) is 5. The van der Waals surface area contributed by atoms with E-state index in [-0.39, 0.29) is 18.4 Å². The van der Waals surface area contributed by atoms with E-state index in [1.54, 1.807) is 22.9 Å². The Kier molecular flexibility index (Phi) is 6.44. The first kappa shape index (κ1) is 20.3. The highest BCUT2D eigenvalue weighted by Gasteiger charge is 2.23. The number of ether oxygens (including phenoxy) is 2. The minimum absolute atomic E-state index is 0.118. The Hall–Kier alpha value is -3.03. The predicted molar refractivity (Wildman–Crippen MR) is 99.4 cm³/mol. The molecule has 0 fully saturated rings. The zero-order chi connectivity index (χ0) is 20.1. The van der Waals surface area contributed by atoms with Gasteiger partial charge in [-0.3, -0.25) is 14.3 Å². The highest BCUT2D eigenvalue weighted by atomic mass is 16.5. The fourth-order valence-corrected chi connectivity index (χ4v) is 2.90. The SMILES string of the molecule is COc1ccc(C(CC(=O)O)NC(=O)c2cnn(C(C)C)c2C)cc1OC. The number of benzene rings is 1. The number of hydrogen-bond donors (Lipinski definition) is 2. The quantitative estimate of drug-likeness (QED) is 0.735. The molecule has 2 N–H and O–H groups in total. The van der Waals surface area contributed by atoms with Gasteiger partial charge in [-0.05, 0) is 38.5 Å². The molecule has 0 bridgehead atoms. The van der Waals surface area contributed by atoms with E-state index < -0.39 is 12.0 Å². The third-order valence-electron chi connectivity index (χ3n) is 4.27. The molecule has 2 aromatic rings. The van der Waals surface area contributed by atoms with Gasteiger partial charge in [0.25, 0.3) is 5.91 Å². The highest BCUT2D eigenvalue weighted by Crippen LogP contribution is 2.31. The van der Waals surface area contributed by atoms with Crippen LogP contribution in [0.25, 0.3) is 0 Å². The zero-order valence-corrected chi connectivity index (χ0v) is 16.1. The standard InChI is InChI=1S/C19H25N3O5/c1-11(2)22-12(3)14(10-20-22)19(25)21-15(9-18(23)24)13-6-7-16(26-4)17(8-13)27-5/h6-8,10-11,15H,9H2,1-5H3,(H,21,25)(H,23,24). The van der Waals surface area contributed by atoms with E-state index in [0.717, 1.165) is 5.69 Å². The van der Waals surface area contributed by atoms with Gasteiger partial charge in [0.15, 0.2) is 11.5 Å². The molecule has 8 heteroatoms. The van der Waals surface area contributed by atoms with Crippen molar-refractivity contribution in [3.63, 3.8) is 0 Å². The fourth-order valence-electron chi connectivity index (χ4n) is 2.90. The van der Waals surface area contributed by atoms with Crippen molar-refractivity contribution in [2.75, 3.05) is 14.2 Å². The number of nitrogens with one attached hydrogen (secondary N) is 1. The molecular weight excluding hydrogens is 350 g/mol. The summed E-state index contributed by atoms with van der Waals surface area (Å²) < 4.78 is 12.2. The summed E-state index contributed by atoms with van der Waals surface area (Å²) in [6.45, 7) is 5.75. The van der Waals surface area contributed by atoms with Crippen LogP contribution in [0.1, 0.15) is 54.0 Å². The van der Waals surface area contributed by atoms with Crippen molar-refractivity contribution in [2.45, 2.75) is 39.3 Å². The number of amides is 1. The van der Waals surface area contributed by atoms with E-state index >= 15 is 0 Å². The molecule has 0 saturated heterocycles. The second kappa shape index (κ2) is 8.57. The van der Waals surface area contributed by atoms with E-state index in [4.69, 9.17) is 9.47 Å². The normalized spacial score (nSPS) is 11.9. The molecule has 1 atom stereocenters. The molecule has 0 aliphatic heterocycles. The lowest BCUT2D eigenvalue weighted by atomic mass is 10.0. The largest absolute Gasteiger partial charge is 0.493 e. The second-order valence-corrected chi connectivity index (χ2v) is 6.42. The molecule has 2 rings (SSSR count). The Morgan fingerprint density at radius 3 is 2.41 bits per heavy atom. The van der Waals surface area contributed by atoms with Gasteiger partial charge in [0.05, 0.1) is 38.4 Å². The van der Waals surface area contributed by atoms with Gasteiger partial charge in [-0.15, -0.1) is 0 Å². The summed E-state index contributed by atoms with van der Waals surface area (Å²) in [6, 6.07) is 4.44. The number of carboxylic acid groups (broad SMARTS) is 1. The molecule has 1 amide bonds. The van der Waals surface area contributed by atoms with Gasteiger partial charge in [0.1, 0.15) is 0 Å². The van der Waals surface area contributed by atoms with Crippen LogP contribution >= 0.6 is 0 Å². The monoisotopic (exact) mass is 375 g/mol. The maximum Gasteiger partial charge on any atom is 0.305 e. The van der Waals surface area contributed by atoms with Gasteiger partial charge in [-0.2, -0.15) is 5.10 Å². The molecule has 1 aromatic carbocycles. The number of carbonyl (C=O) groups is 2. The molecule has 1 heterocycles. The Morgan fingerprint density at radius 1 is 1.22 bits per heavy atom. The Morgan fingerprint density at radius 2 is 1.89 bits per heavy atom. The maximum absolute atomic E-state index is 12.7. The lowest BCUT2D eigenvalue weighted by Gasteiger charge is -2.19. The molecule has 0 aliphatic rings. The number of carbonyl (C=O) groups excluding carboxylic acids is 1. The first-order valence-corrected chi connectivity index (χ1v) is 8.57. The summed E-state index contributed by atoms with van der Waals surface area (Å²) in [4.78, 5) is 24.0. The number of aliphatic carboxylic acids is 1. The lowest BCUT2D eigenvalue weighted by molar-refractivity contribution is -0.137. The molecule has 0 radical (unpaired) electrons. The summed E-state index contributed by atoms with van der Waals surface area (Å²) in [5.41, 5.74) is 1.75. The van der Waals surface area contributed by atoms with Crippen molar-refractivity contribution >= 4 is 11.9 Å². The van der Waals surface area contributed by atoms with Gasteiger partial charge in [0, 0.05) is 11.7 Å². The number of nitrogens with zero attached hydrogens (tertiary/aromatic N) is 2. The van der Waals surface area contributed by atoms with Crippen molar-refractivity contribution in [3.05, 3.63) is 41.2 Å². The third-order valence-corrected chi connectivity index (χ3v) is 4.27. The van der Waals surface area contributed by atoms with Crippen molar-refractivity contribution < 1.29 is 24.2 Å². The highest BCUT2D eigenvalue weighted by molar-refractivity contribution is 5.95. The average Bonchev–Trinajstić information content (AvgIpc) is 3.01. The van der Waals surface area contributed by atoms with Crippen LogP contribution in [-0.2, 0) is 4.79 Å². The second-order valence-electron chi connectivity index (χ2n) is 6.42. The summed E-state index contributed by atoms with van der Waals surface area (Å²) in [7, 11) is 3.01. The molecule has 0 aliphatic carbocycles. The Bertz CT molecular complexity index is 829. The molecule has 27 heavy (non-hydrogen) atoms. The zero-order valence-electron chi connectivity index (χ0n) is 16.1. The molecule has 8 nitrogen and oxygen atoms in total. The molecule has 1 unspecified atom stereocenters. The van der Waals surface area contributed by atoms with Crippen LogP contribution in [0.15, 0.2) is 24.4 Å². The van der Waals surface area contributed by atoms with Crippen LogP contribution in [0.4, 0.5) is 0 Å². The van der Waals surface area contributed by atoms with Crippen LogP contribution in [0.5, 0.6) is 11.5 Å². The van der Waals surface area contributed by atoms with E-state index in [9.17, 15) is 14.7 Å². The molecule has 0 spiro atoms. The van der Waals surface area contributed by atoms with Gasteiger partial charge in [0.2, 0.25) is 0 Å². The van der Waals surface area contributed by atoms with Crippen molar-refractivity contribution in [1.82, 2.24) is 15.1 Å². The number of aromatic nitrogens is 2. The Balaban J connectivity index is 2.32. The molecular formula is C19H25N3O5. The number of rotatable bonds is 8. The summed E-state index contributed by atoms with van der Waals surface area (Å²) >= 11 is 0. The summed E-state index contributed by atoms with van der Waals surface area (Å²) in [5, 5.41) is 16.3.